The lowest BCUT2D eigenvalue weighted by atomic mass is 10.0. The maximum absolute atomic E-state index is 13.6. The van der Waals surface area contributed by atoms with Gasteiger partial charge in [0.1, 0.15) is 19.3 Å². The van der Waals surface area contributed by atoms with Crippen LogP contribution in [0.2, 0.25) is 0 Å². The summed E-state index contributed by atoms with van der Waals surface area (Å²) in [7, 11) is 1.14. The van der Waals surface area contributed by atoms with Crippen LogP contribution in [0.1, 0.15) is 258 Å². The summed E-state index contributed by atoms with van der Waals surface area (Å²) in [5, 5.41) is 3.02. The van der Waals surface area contributed by atoms with Crippen molar-refractivity contribution in [2.45, 2.75) is 270 Å². The molecule has 0 aliphatic heterocycles. The lowest BCUT2D eigenvalue weighted by Gasteiger charge is -2.30. The number of rotatable bonds is 59. The van der Waals surface area contributed by atoms with Gasteiger partial charge in [-0.3, -0.25) is 14.2 Å². The molecule has 0 saturated carbocycles. The second-order valence-corrected chi connectivity index (χ2v) is 24.6. The molecule has 0 aromatic carbocycles. The number of amides is 1. The van der Waals surface area contributed by atoms with Crippen LogP contribution in [0.3, 0.4) is 0 Å². The SMILES string of the molecule is CC/C=C\C/C=C\C/C=C\C/C=C\C/C=C\C/C=C\CCCCCCC(=O)OC(/C=C/CCCCCCCCCCCC)C(COP(=O)([O-])OCC[N+](C)(C)C)NC(=O)CCCCCCCCC/C=C\C/C=C\C/C=C\C/C=C\C/C=C\CC. The maximum Gasteiger partial charge on any atom is 0.306 e. The zero-order valence-electron chi connectivity index (χ0n) is 54.5. The van der Waals surface area contributed by atoms with Crippen molar-refractivity contribution in [3.63, 3.8) is 0 Å². The van der Waals surface area contributed by atoms with Crippen molar-refractivity contribution in [2.75, 3.05) is 40.9 Å². The number of esters is 1. The molecule has 1 amide bonds. The fourth-order valence-corrected chi connectivity index (χ4v) is 9.63. The smallest absolute Gasteiger partial charge is 0.306 e. The Labute approximate surface area is 517 Å². The Kier molecular flexibility index (Phi) is 58.9. The summed E-state index contributed by atoms with van der Waals surface area (Å²) >= 11 is 0. The first kappa shape index (κ1) is 79.9. The number of hydrogen-bond donors (Lipinski definition) is 1. The topological polar surface area (TPSA) is 114 Å². The van der Waals surface area contributed by atoms with Crippen molar-refractivity contribution < 1.29 is 37.3 Å². The van der Waals surface area contributed by atoms with Crippen molar-refractivity contribution >= 4 is 19.7 Å². The van der Waals surface area contributed by atoms with Crippen LogP contribution in [0.25, 0.3) is 0 Å². The van der Waals surface area contributed by atoms with E-state index in [9.17, 15) is 19.0 Å². The number of quaternary nitrogens is 1. The molecule has 3 unspecified atom stereocenters. The fraction of sp³-hybridized carbons (Fsp3) is 0.649. The Bertz CT molecular complexity index is 1950. The molecule has 0 bridgehead atoms. The monoisotopic (exact) mass is 1180 g/mol. The summed E-state index contributed by atoms with van der Waals surface area (Å²) in [5.41, 5.74) is 0. The summed E-state index contributed by atoms with van der Waals surface area (Å²) in [6.07, 6.45) is 89.6. The lowest BCUT2D eigenvalue weighted by molar-refractivity contribution is -0.870. The van der Waals surface area contributed by atoms with Crippen molar-refractivity contribution in [2.24, 2.45) is 0 Å². The molecule has 0 aromatic rings. The molecule has 9 nitrogen and oxygen atoms in total. The second kappa shape index (κ2) is 62.0. The molecule has 10 heteroatoms. The number of hydrogen-bond acceptors (Lipinski definition) is 7. The Morgan fingerprint density at radius 1 is 0.429 bits per heavy atom. The lowest BCUT2D eigenvalue weighted by Crippen LogP contribution is -2.47. The highest BCUT2D eigenvalue weighted by atomic mass is 31.2. The van der Waals surface area contributed by atoms with Crippen LogP contribution in [0.4, 0.5) is 0 Å². The predicted octanol–water partition coefficient (Wildman–Crippen LogP) is 20.8. The van der Waals surface area contributed by atoms with Gasteiger partial charge in [-0.25, -0.2) is 0 Å². The number of phosphoric ester groups is 1. The van der Waals surface area contributed by atoms with E-state index in [0.29, 0.717) is 23.9 Å². The molecule has 0 aromatic heterocycles. The highest BCUT2D eigenvalue weighted by Gasteiger charge is 2.27. The van der Waals surface area contributed by atoms with Gasteiger partial charge in [0.05, 0.1) is 33.8 Å². The van der Waals surface area contributed by atoms with Gasteiger partial charge in [0, 0.05) is 12.8 Å². The van der Waals surface area contributed by atoms with E-state index in [1.807, 2.05) is 33.3 Å². The predicted molar refractivity (Wildman–Crippen MR) is 362 cm³/mol. The number of carbonyl (C=O) groups excluding carboxylic acids is 2. The van der Waals surface area contributed by atoms with Gasteiger partial charge in [-0.1, -0.05) is 263 Å². The van der Waals surface area contributed by atoms with E-state index in [1.165, 1.54) is 70.6 Å². The van der Waals surface area contributed by atoms with E-state index in [1.54, 1.807) is 0 Å². The third-order valence-corrected chi connectivity index (χ3v) is 15.0. The molecule has 0 spiro atoms. The number of ether oxygens (including phenoxy) is 1. The third-order valence-electron chi connectivity index (χ3n) is 14.0. The number of likely N-dealkylation sites (N-methyl/N-ethyl adjacent to an activating group) is 1. The van der Waals surface area contributed by atoms with Gasteiger partial charge in [0.15, 0.2) is 0 Å². The quantitative estimate of drug-likeness (QED) is 0.0212. The Balaban J connectivity index is 5.25. The number of phosphoric acid groups is 1. The van der Waals surface area contributed by atoms with Gasteiger partial charge in [-0.05, 0) is 128 Å². The third kappa shape index (κ3) is 62.4. The van der Waals surface area contributed by atoms with E-state index in [2.05, 4.69) is 160 Å². The van der Waals surface area contributed by atoms with Gasteiger partial charge >= 0.3 is 5.97 Å². The van der Waals surface area contributed by atoms with Crippen LogP contribution < -0.4 is 10.2 Å². The van der Waals surface area contributed by atoms with Crippen LogP contribution in [0.15, 0.2) is 146 Å². The molecule has 0 aliphatic carbocycles. The van der Waals surface area contributed by atoms with Gasteiger partial charge in [0.25, 0.3) is 7.82 Å². The molecular formula is C74H125N2O7P. The molecule has 478 valence electrons. The average molecular weight is 1190 g/mol. The van der Waals surface area contributed by atoms with E-state index in [-0.39, 0.29) is 31.3 Å². The van der Waals surface area contributed by atoms with E-state index >= 15 is 0 Å². The number of allylic oxidation sites excluding steroid dienone is 23. The Morgan fingerprint density at radius 2 is 0.762 bits per heavy atom. The maximum atomic E-state index is 13.6. The molecule has 84 heavy (non-hydrogen) atoms. The molecule has 0 heterocycles. The molecule has 1 N–H and O–H groups in total. The summed E-state index contributed by atoms with van der Waals surface area (Å²) in [5.74, 6) is -0.592. The van der Waals surface area contributed by atoms with Crippen LogP contribution >= 0.6 is 7.82 Å². The number of nitrogens with zero attached hydrogens (tertiary/aromatic N) is 1. The standard InChI is InChI=1S/C74H125N2O7P/c1-7-10-13-16-19-22-25-28-30-32-34-36-38-40-42-44-46-48-51-54-57-60-63-66-73(77)75-71(70-82-84(79,80)81-69-68-76(4,5)6)72(65-62-59-56-53-50-27-24-21-18-15-12-9-3)83-74(78)67-64-61-58-55-52-49-47-45-43-41-39-37-35-33-31-29-26-23-20-17-14-11-8-2/h10-11,13-14,19-20,22-23,28-31,34-37,40-43,47,49,62,65,71-72H,7-9,12,15-18,21,24-27,32-33,38-39,44-46,48,50-61,63-64,66-70H2,1-6H3,(H-,75,77,79,80)/b13-10-,14-11-,22-19-,23-20-,30-28-,31-29-,36-34-,37-35-,42-40-,43-41-,49-47-,65-62+. The first-order valence-electron chi connectivity index (χ1n) is 33.6. The molecular weight excluding hydrogens is 1060 g/mol. The van der Waals surface area contributed by atoms with E-state index in [4.69, 9.17) is 13.8 Å². The molecule has 0 saturated heterocycles. The Hall–Kier alpha value is -4.11. The van der Waals surface area contributed by atoms with Crippen LogP contribution in [0, 0.1) is 0 Å². The Morgan fingerprint density at radius 3 is 1.14 bits per heavy atom. The second-order valence-electron chi connectivity index (χ2n) is 23.2. The normalized spacial score (nSPS) is 14.5. The zero-order chi connectivity index (χ0) is 61.4. The molecule has 0 rings (SSSR count). The van der Waals surface area contributed by atoms with Gasteiger partial charge in [-0.15, -0.1) is 0 Å². The van der Waals surface area contributed by atoms with Crippen molar-refractivity contribution in [1.29, 1.82) is 0 Å². The molecule has 0 radical (unpaired) electrons. The van der Waals surface area contributed by atoms with Crippen LogP contribution in [-0.4, -0.2) is 69.4 Å². The van der Waals surface area contributed by atoms with Crippen molar-refractivity contribution in [3.05, 3.63) is 146 Å². The number of carbonyl (C=O) groups is 2. The van der Waals surface area contributed by atoms with Crippen LogP contribution in [0.5, 0.6) is 0 Å². The first-order chi connectivity index (χ1) is 40.9. The van der Waals surface area contributed by atoms with Crippen molar-refractivity contribution in [1.82, 2.24) is 5.32 Å². The highest BCUT2D eigenvalue weighted by Crippen LogP contribution is 2.38. The minimum absolute atomic E-state index is 0.0375. The highest BCUT2D eigenvalue weighted by molar-refractivity contribution is 7.45. The van der Waals surface area contributed by atoms with Crippen LogP contribution in [-0.2, 0) is 27.9 Å². The first-order valence-corrected chi connectivity index (χ1v) is 35.1. The van der Waals surface area contributed by atoms with Crippen molar-refractivity contribution in [3.8, 4) is 0 Å². The fourth-order valence-electron chi connectivity index (χ4n) is 8.90. The summed E-state index contributed by atoms with van der Waals surface area (Å²) in [6, 6.07) is -0.918. The molecule has 0 fully saturated rings. The van der Waals surface area contributed by atoms with E-state index in [0.717, 1.165) is 141 Å². The summed E-state index contributed by atoms with van der Waals surface area (Å²) < 4.78 is 30.4. The van der Waals surface area contributed by atoms with Gasteiger partial charge in [0.2, 0.25) is 5.91 Å². The largest absolute Gasteiger partial charge is 0.756 e. The van der Waals surface area contributed by atoms with Gasteiger partial charge < -0.3 is 28.5 Å². The van der Waals surface area contributed by atoms with E-state index < -0.39 is 26.6 Å². The van der Waals surface area contributed by atoms with Gasteiger partial charge in [-0.2, -0.15) is 0 Å². The number of unbranched alkanes of at least 4 members (excludes halogenated alkanes) is 21. The summed E-state index contributed by atoms with van der Waals surface area (Å²) in [4.78, 5) is 40.1. The number of nitrogens with one attached hydrogen (secondary N) is 1. The molecule has 3 atom stereocenters. The molecule has 0 aliphatic rings. The minimum atomic E-state index is -4.72. The minimum Gasteiger partial charge on any atom is -0.756 e. The average Bonchev–Trinajstić information content (AvgIpc) is 3.65. The summed E-state index contributed by atoms with van der Waals surface area (Å²) in [6.45, 7) is 6.58. The zero-order valence-corrected chi connectivity index (χ0v) is 55.4.